The lowest BCUT2D eigenvalue weighted by Gasteiger charge is -2.18. The van der Waals surface area contributed by atoms with Crippen LogP contribution in [0.2, 0.25) is 0 Å². The molecule has 0 aliphatic carbocycles. The molecule has 0 heterocycles. The Morgan fingerprint density at radius 1 is 0.367 bits per heavy atom. The van der Waals surface area contributed by atoms with Gasteiger partial charge < -0.3 is 19.3 Å². The van der Waals surface area contributed by atoms with Crippen molar-refractivity contribution in [1.29, 1.82) is 0 Å². The van der Waals surface area contributed by atoms with Crippen molar-refractivity contribution in [3.8, 4) is 0 Å². The third kappa shape index (κ3) is 49.7. The number of esters is 2. The van der Waals surface area contributed by atoms with Crippen LogP contribution >= 0.6 is 7.82 Å². The Bertz CT molecular complexity index is 940. The zero-order valence-electron chi connectivity index (χ0n) is 39.9. The van der Waals surface area contributed by atoms with Crippen molar-refractivity contribution in [2.45, 2.75) is 302 Å². The van der Waals surface area contributed by atoms with Crippen molar-refractivity contribution in [2.24, 2.45) is 0 Å². The molecular weight excluding hydrogens is 772 g/mol. The molecule has 8 nitrogen and oxygen atoms in total. The number of carbonyl (C=O) groups is 2. The summed E-state index contributed by atoms with van der Waals surface area (Å²) >= 11 is 0. The van der Waals surface area contributed by atoms with Gasteiger partial charge in [-0.25, -0.2) is 4.57 Å². The number of carbonyl (C=O) groups excluding carboxylic acids is 2. The quantitative estimate of drug-likeness (QED) is 0.0352. The second-order valence-electron chi connectivity index (χ2n) is 18.2. The molecule has 9 heteroatoms. The van der Waals surface area contributed by atoms with Gasteiger partial charge in [0.1, 0.15) is 6.61 Å². The lowest BCUT2D eigenvalue weighted by atomic mass is 10.0. The number of rotatable bonds is 50. The summed E-state index contributed by atoms with van der Waals surface area (Å²) in [6.07, 6.45) is 54.1. The Morgan fingerprint density at radius 3 is 0.850 bits per heavy atom. The lowest BCUT2D eigenvalue weighted by Crippen LogP contribution is -2.29. The molecule has 0 amide bonds. The van der Waals surface area contributed by atoms with Crippen molar-refractivity contribution in [2.75, 3.05) is 13.2 Å². The maximum Gasteiger partial charge on any atom is 0.469 e. The minimum absolute atomic E-state index is 0.221. The number of hydrogen-bond donors (Lipinski definition) is 2. The van der Waals surface area contributed by atoms with Gasteiger partial charge in [0.2, 0.25) is 0 Å². The Morgan fingerprint density at radius 2 is 0.600 bits per heavy atom. The van der Waals surface area contributed by atoms with E-state index >= 15 is 0 Å². The standard InChI is InChI=1S/C51H101O8P/c1-3-5-7-9-11-13-15-17-19-21-23-25-26-28-29-31-33-35-37-39-41-43-45-50(52)57-47-49(48-58-60(54,55)56)59-51(53)46-44-42-40-38-36-34-32-30-27-24-22-20-18-16-14-12-10-8-6-4-2/h49H,3-48H2,1-2H3,(H2,54,55,56)/t49-/m1/s1. The van der Waals surface area contributed by atoms with Crippen LogP contribution in [0, 0.1) is 0 Å². The fourth-order valence-corrected chi connectivity index (χ4v) is 8.56. The fraction of sp³-hybridized carbons (Fsp3) is 0.961. The number of phosphoric ester groups is 1. The van der Waals surface area contributed by atoms with E-state index < -0.39 is 32.5 Å². The summed E-state index contributed by atoms with van der Waals surface area (Å²) < 4.78 is 26.6. The average Bonchev–Trinajstić information content (AvgIpc) is 3.22. The smallest absolute Gasteiger partial charge is 0.462 e. The zero-order valence-corrected chi connectivity index (χ0v) is 40.8. The topological polar surface area (TPSA) is 119 Å². The molecule has 0 aromatic heterocycles. The summed E-state index contributed by atoms with van der Waals surface area (Å²) in [7, 11) is -4.75. The molecule has 0 rings (SSSR count). The van der Waals surface area contributed by atoms with E-state index in [0.717, 1.165) is 32.1 Å². The van der Waals surface area contributed by atoms with E-state index in [1.54, 1.807) is 0 Å². The zero-order chi connectivity index (χ0) is 43.9. The summed E-state index contributed by atoms with van der Waals surface area (Å²) in [4.78, 5) is 43.1. The summed E-state index contributed by atoms with van der Waals surface area (Å²) in [6, 6.07) is 0. The van der Waals surface area contributed by atoms with Gasteiger partial charge in [-0.3, -0.25) is 14.1 Å². The highest BCUT2D eigenvalue weighted by atomic mass is 31.2. The van der Waals surface area contributed by atoms with Gasteiger partial charge in [-0.15, -0.1) is 0 Å². The van der Waals surface area contributed by atoms with Gasteiger partial charge in [-0.2, -0.15) is 0 Å². The monoisotopic (exact) mass is 873 g/mol. The van der Waals surface area contributed by atoms with Crippen LogP contribution in [0.15, 0.2) is 0 Å². The van der Waals surface area contributed by atoms with Crippen LogP contribution in [0.4, 0.5) is 0 Å². The number of hydrogen-bond acceptors (Lipinski definition) is 6. The number of unbranched alkanes of at least 4 members (excludes halogenated alkanes) is 40. The summed E-state index contributed by atoms with van der Waals surface area (Å²) in [5.41, 5.74) is 0. The first-order valence-corrected chi connectivity index (χ1v) is 27.9. The highest BCUT2D eigenvalue weighted by molar-refractivity contribution is 7.46. The Hall–Kier alpha value is -0.950. The average molecular weight is 873 g/mol. The van der Waals surface area contributed by atoms with E-state index in [9.17, 15) is 14.2 Å². The molecule has 0 aromatic rings. The van der Waals surface area contributed by atoms with Gasteiger partial charge >= 0.3 is 19.8 Å². The largest absolute Gasteiger partial charge is 0.469 e. The second-order valence-corrected chi connectivity index (χ2v) is 19.5. The van der Waals surface area contributed by atoms with Crippen LogP contribution in [0.1, 0.15) is 296 Å². The van der Waals surface area contributed by atoms with Crippen LogP contribution in [0.3, 0.4) is 0 Å². The summed E-state index contributed by atoms with van der Waals surface area (Å²) in [5, 5.41) is 0. The van der Waals surface area contributed by atoms with E-state index in [2.05, 4.69) is 18.4 Å². The van der Waals surface area contributed by atoms with Crippen LogP contribution in [-0.2, 0) is 28.2 Å². The van der Waals surface area contributed by atoms with Crippen LogP contribution in [-0.4, -0.2) is 41.0 Å². The van der Waals surface area contributed by atoms with Crippen LogP contribution in [0.25, 0.3) is 0 Å². The minimum Gasteiger partial charge on any atom is -0.462 e. The molecule has 0 spiro atoms. The molecule has 0 radical (unpaired) electrons. The summed E-state index contributed by atoms with van der Waals surface area (Å²) in [5.74, 6) is -0.859. The van der Waals surface area contributed by atoms with E-state index in [-0.39, 0.29) is 19.4 Å². The Labute approximate surface area is 372 Å². The normalized spacial score (nSPS) is 12.3. The molecule has 0 unspecified atom stereocenters. The molecule has 0 aliphatic rings. The SMILES string of the molecule is CCCCCCCCCCCCCCCCCCCCCCCCC(=O)OC[C@H](COP(=O)(O)O)OC(=O)CCCCCCCCCCCCCCCCCCCCCC. The molecule has 0 aliphatic heterocycles. The molecule has 0 bridgehead atoms. The lowest BCUT2D eigenvalue weighted by molar-refractivity contribution is -0.161. The Kier molecular flexibility index (Phi) is 46.8. The highest BCUT2D eigenvalue weighted by Gasteiger charge is 2.23. The predicted octanol–water partition coefficient (Wildman–Crippen LogP) is 16.8. The van der Waals surface area contributed by atoms with Gasteiger partial charge in [0.15, 0.2) is 6.10 Å². The molecule has 0 saturated carbocycles. The van der Waals surface area contributed by atoms with E-state index in [1.165, 1.54) is 231 Å². The van der Waals surface area contributed by atoms with Gasteiger partial charge in [-0.05, 0) is 12.8 Å². The maximum atomic E-state index is 12.5. The van der Waals surface area contributed by atoms with Crippen molar-refractivity contribution >= 4 is 19.8 Å². The third-order valence-electron chi connectivity index (χ3n) is 12.1. The maximum absolute atomic E-state index is 12.5. The molecule has 1 atom stereocenters. The van der Waals surface area contributed by atoms with Gasteiger partial charge in [-0.1, -0.05) is 271 Å². The first kappa shape index (κ1) is 59.0. The molecule has 0 saturated heterocycles. The molecule has 0 aromatic carbocycles. The molecule has 2 N–H and O–H groups in total. The van der Waals surface area contributed by atoms with Gasteiger partial charge in [0.25, 0.3) is 0 Å². The molecule has 60 heavy (non-hydrogen) atoms. The van der Waals surface area contributed by atoms with Crippen molar-refractivity contribution < 1.29 is 37.9 Å². The Balaban J connectivity index is 3.74. The summed E-state index contributed by atoms with van der Waals surface area (Å²) in [6.45, 7) is 3.76. The minimum atomic E-state index is -4.75. The predicted molar refractivity (Wildman–Crippen MR) is 253 cm³/mol. The van der Waals surface area contributed by atoms with Gasteiger partial charge in [0.05, 0.1) is 6.61 Å². The van der Waals surface area contributed by atoms with Crippen molar-refractivity contribution in [3.05, 3.63) is 0 Å². The van der Waals surface area contributed by atoms with E-state index in [0.29, 0.717) is 6.42 Å². The third-order valence-corrected chi connectivity index (χ3v) is 12.6. The first-order valence-electron chi connectivity index (χ1n) is 26.3. The molecule has 0 fully saturated rings. The van der Waals surface area contributed by atoms with Gasteiger partial charge in [0, 0.05) is 12.8 Å². The first-order chi connectivity index (χ1) is 29.3. The fourth-order valence-electron chi connectivity index (χ4n) is 8.20. The van der Waals surface area contributed by atoms with Crippen LogP contribution in [0.5, 0.6) is 0 Å². The number of ether oxygens (including phenoxy) is 2. The second kappa shape index (κ2) is 47.5. The molecular formula is C51H101O8P. The van der Waals surface area contributed by atoms with E-state index in [4.69, 9.17) is 19.3 Å². The van der Waals surface area contributed by atoms with Crippen molar-refractivity contribution in [1.82, 2.24) is 0 Å². The molecule has 358 valence electrons. The van der Waals surface area contributed by atoms with E-state index in [1.807, 2.05) is 0 Å². The number of phosphoric acid groups is 1. The van der Waals surface area contributed by atoms with Crippen LogP contribution < -0.4 is 0 Å². The highest BCUT2D eigenvalue weighted by Crippen LogP contribution is 2.36. The van der Waals surface area contributed by atoms with Crippen molar-refractivity contribution in [3.63, 3.8) is 0 Å².